The molecule has 4 nitrogen and oxygen atoms in total. The summed E-state index contributed by atoms with van der Waals surface area (Å²) in [6.45, 7) is 5.54. The lowest BCUT2D eigenvalue weighted by molar-refractivity contribution is -0.118. The lowest BCUT2D eigenvalue weighted by atomic mass is 10.1. The van der Waals surface area contributed by atoms with Crippen LogP contribution in [-0.2, 0) is 4.79 Å². The van der Waals surface area contributed by atoms with E-state index in [1.54, 1.807) is 24.8 Å². The van der Waals surface area contributed by atoms with Crippen LogP contribution in [0.25, 0.3) is 0 Å². The Morgan fingerprint density at radius 1 is 1.50 bits per heavy atom. The molecule has 1 aliphatic rings. The molecule has 5 heteroatoms. The first-order valence-corrected chi connectivity index (χ1v) is 6.76. The highest BCUT2D eigenvalue weighted by Gasteiger charge is 2.33. The van der Waals surface area contributed by atoms with Crippen molar-refractivity contribution < 1.29 is 9.90 Å². The van der Waals surface area contributed by atoms with E-state index in [1.807, 2.05) is 19.1 Å². The number of β-amino-alcohol motifs (C(OH)–C–C–N with tert-alkyl or cyclic N) is 1. The number of rotatable bonds is 2. The van der Waals surface area contributed by atoms with Crippen LogP contribution in [0.4, 0.5) is 11.4 Å². The highest BCUT2D eigenvalue weighted by Crippen LogP contribution is 2.40. The Bertz CT molecular complexity index is 482. The summed E-state index contributed by atoms with van der Waals surface area (Å²) in [5, 5.41) is 9.80. The molecule has 0 fully saturated rings. The number of fused-ring (bicyclic) bond motifs is 1. The Morgan fingerprint density at radius 3 is 2.78 bits per heavy atom. The largest absolute Gasteiger partial charge is 0.399 e. The molecule has 1 atom stereocenters. The van der Waals surface area contributed by atoms with Gasteiger partial charge >= 0.3 is 0 Å². The van der Waals surface area contributed by atoms with Crippen LogP contribution in [-0.4, -0.2) is 28.4 Å². The number of aliphatic hydroxyl groups is 1. The van der Waals surface area contributed by atoms with Crippen LogP contribution < -0.4 is 10.6 Å². The van der Waals surface area contributed by atoms with E-state index < -0.39 is 5.60 Å². The molecule has 98 valence electrons. The van der Waals surface area contributed by atoms with E-state index in [9.17, 15) is 9.90 Å². The van der Waals surface area contributed by atoms with Crippen molar-refractivity contribution in [1.29, 1.82) is 0 Å². The highest BCUT2D eigenvalue weighted by atomic mass is 32.2. The molecule has 1 unspecified atom stereocenters. The monoisotopic (exact) mass is 266 g/mol. The van der Waals surface area contributed by atoms with Crippen LogP contribution >= 0.6 is 11.8 Å². The molecule has 2 rings (SSSR count). The first-order chi connectivity index (χ1) is 8.28. The van der Waals surface area contributed by atoms with Crippen LogP contribution in [0.1, 0.15) is 20.8 Å². The topological polar surface area (TPSA) is 66.6 Å². The number of carbonyl (C=O) groups is 1. The molecule has 3 N–H and O–H groups in total. The second kappa shape index (κ2) is 4.48. The van der Waals surface area contributed by atoms with E-state index in [0.29, 0.717) is 5.69 Å². The number of benzene rings is 1. The Hall–Kier alpha value is -1.20. The molecule has 0 saturated carbocycles. The predicted octanol–water partition coefficient (Wildman–Crippen LogP) is 1.87. The van der Waals surface area contributed by atoms with Crippen LogP contribution in [0.2, 0.25) is 0 Å². The minimum absolute atomic E-state index is 0.0141. The number of nitrogens with two attached hydrogens (primary N) is 1. The van der Waals surface area contributed by atoms with E-state index in [2.05, 4.69) is 0 Å². The van der Waals surface area contributed by atoms with Gasteiger partial charge in [0.2, 0.25) is 5.91 Å². The predicted molar refractivity (Wildman–Crippen MR) is 74.8 cm³/mol. The minimum Gasteiger partial charge on any atom is -0.399 e. The third-order valence-electron chi connectivity index (χ3n) is 2.74. The molecule has 0 spiro atoms. The fraction of sp³-hybridized carbons (Fsp3) is 0.462. The van der Waals surface area contributed by atoms with E-state index in [-0.39, 0.29) is 17.7 Å². The molecule has 1 heterocycles. The van der Waals surface area contributed by atoms with Gasteiger partial charge in [-0.3, -0.25) is 4.79 Å². The summed E-state index contributed by atoms with van der Waals surface area (Å²) in [5.41, 5.74) is 6.27. The van der Waals surface area contributed by atoms with Gasteiger partial charge in [-0.25, -0.2) is 0 Å². The van der Waals surface area contributed by atoms with Crippen LogP contribution in [0.5, 0.6) is 0 Å². The van der Waals surface area contributed by atoms with Crippen LogP contribution in [0.3, 0.4) is 0 Å². The summed E-state index contributed by atoms with van der Waals surface area (Å²) in [6, 6.07) is 5.55. The molecule has 0 radical (unpaired) electrons. The average Bonchev–Trinajstić information content (AvgIpc) is 2.24. The summed E-state index contributed by atoms with van der Waals surface area (Å²) in [4.78, 5) is 14.9. The maximum atomic E-state index is 12.2. The van der Waals surface area contributed by atoms with E-state index >= 15 is 0 Å². The van der Waals surface area contributed by atoms with Gasteiger partial charge < -0.3 is 15.7 Å². The van der Waals surface area contributed by atoms with Gasteiger partial charge in [0.25, 0.3) is 0 Å². The Balaban J connectivity index is 2.44. The lowest BCUT2D eigenvalue weighted by Crippen LogP contribution is -2.47. The van der Waals surface area contributed by atoms with Gasteiger partial charge in [0.15, 0.2) is 0 Å². The molecular weight excluding hydrogens is 248 g/mol. The minimum atomic E-state index is -0.931. The first kappa shape index (κ1) is 13.2. The number of carbonyl (C=O) groups excluding carboxylic acids is 1. The smallest absolute Gasteiger partial charge is 0.240 e. The van der Waals surface area contributed by atoms with Crippen molar-refractivity contribution in [2.75, 3.05) is 17.2 Å². The van der Waals surface area contributed by atoms with Crippen LogP contribution in [0.15, 0.2) is 23.1 Å². The maximum absolute atomic E-state index is 12.2. The molecule has 1 aromatic carbocycles. The fourth-order valence-electron chi connectivity index (χ4n) is 1.97. The normalized spacial score (nSPS) is 19.9. The third-order valence-corrected chi connectivity index (χ3v) is 3.89. The zero-order valence-electron chi connectivity index (χ0n) is 10.8. The SMILES string of the molecule is CC1Sc2ccc(N)cc2N(CC(C)(C)O)C1=O. The van der Waals surface area contributed by atoms with E-state index in [0.717, 1.165) is 10.6 Å². The lowest BCUT2D eigenvalue weighted by Gasteiger charge is -2.35. The van der Waals surface area contributed by atoms with Crippen LogP contribution in [0, 0.1) is 0 Å². The van der Waals surface area contributed by atoms with Gasteiger partial charge in [0.1, 0.15) is 0 Å². The Labute approximate surface area is 111 Å². The fourth-order valence-corrected chi connectivity index (χ4v) is 3.02. The number of amides is 1. The van der Waals surface area contributed by atoms with Crippen molar-refractivity contribution in [3.8, 4) is 0 Å². The third kappa shape index (κ3) is 2.62. The number of anilines is 2. The average molecular weight is 266 g/mol. The molecule has 1 aromatic rings. The zero-order chi connectivity index (χ0) is 13.5. The number of nitrogen functional groups attached to an aromatic ring is 1. The van der Waals surface area contributed by atoms with Gasteiger partial charge in [-0.15, -0.1) is 11.8 Å². The summed E-state index contributed by atoms with van der Waals surface area (Å²) in [6.07, 6.45) is 0. The summed E-state index contributed by atoms with van der Waals surface area (Å²) in [7, 11) is 0. The number of nitrogens with zero attached hydrogens (tertiary/aromatic N) is 1. The van der Waals surface area contributed by atoms with Gasteiger partial charge in [-0.2, -0.15) is 0 Å². The van der Waals surface area contributed by atoms with E-state index in [1.165, 1.54) is 11.8 Å². The van der Waals surface area contributed by atoms with Crippen molar-refractivity contribution >= 4 is 29.0 Å². The summed E-state index contributed by atoms with van der Waals surface area (Å²) < 4.78 is 0. The van der Waals surface area contributed by atoms with Gasteiger partial charge in [0.05, 0.1) is 23.1 Å². The first-order valence-electron chi connectivity index (χ1n) is 5.88. The highest BCUT2D eigenvalue weighted by molar-refractivity contribution is 8.00. The van der Waals surface area contributed by atoms with Crippen molar-refractivity contribution in [2.24, 2.45) is 0 Å². The van der Waals surface area contributed by atoms with Crippen molar-refractivity contribution in [3.63, 3.8) is 0 Å². The van der Waals surface area contributed by atoms with Crippen molar-refractivity contribution in [2.45, 2.75) is 36.5 Å². The van der Waals surface area contributed by atoms with Crippen molar-refractivity contribution in [3.05, 3.63) is 18.2 Å². The molecule has 1 aliphatic heterocycles. The molecule has 0 bridgehead atoms. The maximum Gasteiger partial charge on any atom is 0.240 e. The van der Waals surface area contributed by atoms with Gasteiger partial charge in [0, 0.05) is 10.6 Å². The second-order valence-electron chi connectivity index (χ2n) is 5.22. The zero-order valence-corrected chi connectivity index (χ0v) is 11.6. The number of thioether (sulfide) groups is 1. The van der Waals surface area contributed by atoms with Gasteiger partial charge in [-0.1, -0.05) is 0 Å². The Morgan fingerprint density at radius 2 is 2.17 bits per heavy atom. The quantitative estimate of drug-likeness (QED) is 0.802. The molecular formula is C13H18N2O2S. The Kier molecular flexibility index (Phi) is 3.29. The molecule has 0 saturated heterocycles. The standard InChI is InChI=1S/C13H18N2O2S/c1-8-12(16)15(7-13(2,3)17)10-6-9(14)4-5-11(10)18-8/h4-6,8,17H,7,14H2,1-3H3. The summed E-state index contributed by atoms with van der Waals surface area (Å²) in [5.74, 6) is 0.0141. The van der Waals surface area contributed by atoms with E-state index in [4.69, 9.17) is 5.73 Å². The second-order valence-corrected chi connectivity index (χ2v) is 6.61. The van der Waals surface area contributed by atoms with Crippen molar-refractivity contribution in [1.82, 2.24) is 0 Å². The molecule has 0 aromatic heterocycles. The number of hydrogen-bond donors (Lipinski definition) is 2. The molecule has 1 amide bonds. The van der Waals surface area contributed by atoms with Gasteiger partial charge in [-0.05, 0) is 39.0 Å². The summed E-state index contributed by atoms with van der Waals surface area (Å²) >= 11 is 1.53. The number of hydrogen-bond acceptors (Lipinski definition) is 4. The molecule has 0 aliphatic carbocycles. The molecule has 18 heavy (non-hydrogen) atoms.